The van der Waals surface area contributed by atoms with E-state index in [9.17, 15) is 15.6 Å². The maximum atomic E-state index is 12.7. The summed E-state index contributed by atoms with van der Waals surface area (Å²) >= 11 is 0. The highest BCUT2D eigenvalue weighted by atomic mass is 16.6. The minimum Gasteiger partial charge on any atom is -0.633 e. The molecule has 0 saturated heterocycles. The fourth-order valence-corrected chi connectivity index (χ4v) is 3.18. The van der Waals surface area contributed by atoms with Crippen LogP contribution < -0.4 is 0 Å². The quantitative estimate of drug-likeness (QED) is 0.393. The van der Waals surface area contributed by atoms with Crippen molar-refractivity contribution in [1.29, 1.82) is 0 Å². The van der Waals surface area contributed by atoms with Crippen molar-refractivity contribution in [3.05, 3.63) is 15.6 Å². The topological polar surface area (TPSA) is 69.2 Å². The van der Waals surface area contributed by atoms with E-state index in [1.165, 1.54) is 0 Å². The molecule has 6 heteroatoms. The molecule has 0 rings (SSSR count). The first kappa shape index (κ1) is 24.8. The number of hydrogen-bond acceptors (Lipinski definition) is 3. The van der Waals surface area contributed by atoms with Crippen molar-refractivity contribution in [3.8, 4) is 0 Å². The lowest BCUT2D eigenvalue weighted by Gasteiger charge is -2.50. The van der Waals surface area contributed by atoms with Gasteiger partial charge in [-0.3, -0.25) is 0 Å². The highest BCUT2D eigenvalue weighted by molar-refractivity contribution is 4.59. The number of quaternary nitrogens is 3. The van der Waals surface area contributed by atoms with Crippen LogP contribution in [0.5, 0.6) is 0 Å². The first-order chi connectivity index (χ1) is 11.1. The normalized spacial score (nSPS) is 22.3. The van der Waals surface area contributed by atoms with Gasteiger partial charge in [0.05, 0.1) is 33.2 Å². The lowest BCUT2D eigenvalue weighted by Crippen LogP contribution is -2.56. The van der Waals surface area contributed by atoms with E-state index in [-0.39, 0.29) is 47.6 Å². The minimum absolute atomic E-state index is 0.0216. The molecule has 0 bridgehead atoms. The minimum atomic E-state index is -0.519. The van der Waals surface area contributed by atoms with Gasteiger partial charge in [-0.25, -0.2) is 0 Å². The Kier molecular flexibility index (Phi) is 9.53. The maximum absolute atomic E-state index is 12.7. The smallest absolute Gasteiger partial charge is 0.128 e. The molecule has 6 nitrogen and oxygen atoms in total. The Morgan fingerprint density at radius 3 is 1.08 bits per heavy atom. The Morgan fingerprint density at radius 1 is 0.560 bits per heavy atom. The lowest BCUT2D eigenvalue weighted by atomic mass is 10.0. The van der Waals surface area contributed by atoms with Crippen molar-refractivity contribution in [2.75, 3.05) is 47.3 Å². The number of rotatable bonds is 12. The summed E-state index contributed by atoms with van der Waals surface area (Å²) in [6, 6.07) is -0.0433. The zero-order valence-corrected chi connectivity index (χ0v) is 18.1. The molecule has 4 atom stereocenters. The van der Waals surface area contributed by atoms with Gasteiger partial charge in [-0.1, -0.05) is 27.7 Å². The van der Waals surface area contributed by atoms with Gasteiger partial charge in [0, 0.05) is 12.8 Å². The molecule has 0 aromatic heterocycles. The molecule has 25 heavy (non-hydrogen) atoms. The lowest BCUT2D eigenvalue weighted by molar-refractivity contribution is -0.952. The first-order valence-corrected chi connectivity index (χ1v) is 9.77. The van der Waals surface area contributed by atoms with Crippen LogP contribution in [0.3, 0.4) is 0 Å². The van der Waals surface area contributed by atoms with Gasteiger partial charge in [0.15, 0.2) is 0 Å². The SMILES string of the molecule is CC(C)CC(C)[N+](C)([O-])CC[N+](C)([O-])CC[N+](C)([O-])C(C)CC(C)C. The molecule has 0 spiro atoms. The largest absolute Gasteiger partial charge is 0.633 e. The first-order valence-electron chi connectivity index (χ1n) is 9.77. The zero-order valence-electron chi connectivity index (χ0n) is 18.1. The van der Waals surface area contributed by atoms with E-state index in [1.807, 2.05) is 13.8 Å². The molecule has 0 amide bonds. The van der Waals surface area contributed by atoms with E-state index in [0.717, 1.165) is 12.8 Å². The number of nitrogens with zero attached hydrogens (tertiary/aromatic N) is 3. The summed E-state index contributed by atoms with van der Waals surface area (Å²) in [5.74, 6) is 0.936. The Hall–Kier alpha value is -0.240. The molecule has 0 saturated carbocycles. The number of hydroxylamine groups is 9. The van der Waals surface area contributed by atoms with Crippen molar-refractivity contribution in [3.63, 3.8) is 0 Å². The summed E-state index contributed by atoms with van der Waals surface area (Å²) in [7, 11) is 4.90. The average Bonchev–Trinajstić information content (AvgIpc) is 2.42. The standard InChI is InChI=1S/C19H43N3O3/c1-16(2)14-18(5)21(8,24)12-10-20(7,23)11-13-22(9,25)19(6)15-17(3)4/h16-19H,10-15H2,1-9H3. The maximum Gasteiger partial charge on any atom is 0.128 e. The highest BCUT2D eigenvalue weighted by Crippen LogP contribution is 2.19. The number of likely N-dealkylation sites (N-methyl/N-ethyl adjacent to an activating group) is 3. The molecule has 0 heterocycles. The number of hydrogen-bond donors (Lipinski definition) is 0. The Bertz CT molecular complexity index is 348. The van der Waals surface area contributed by atoms with Gasteiger partial charge >= 0.3 is 0 Å². The molecule has 0 aliphatic carbocycles. The molecule has 4 unspecified atom stereocenters. The van der Waals surface area contributed by atoms with Crippen LogP contribution >= 0.6 is 0 Å². The molecule has 0 N–H and O–H groups in total. The van der Waals surface area contributed by atoms with Crippen LogP contribution in [0.15, 0.2) is 0 Å². The van der Waals surface area contributed by atoms with E-state index in [1.54, 1.807) is 21.1 Å². The van der Waals surface area contributed by atoms with E-state index in [0.29, 0.717) is 11.8 Å². The molecule has 0 radical (unpaired) electrons. The molecule has 0 aromatic rings. The van der Waals surface area contributed by atoms with Gasteiger partial charge in [0.1, 0.15) is 26.2 Å². The third-order valence-electron chi connectivity index (χ3n) is 5.52. The average molecular weight is 362 g/mol. The molecule has 0 aromatic carbocycles. The fourth-order valence-electron chi connectivity index (χ4n) is 3.18. The predicted molar refractivity (Wildman–Crippen MR) is 106 cm³/mol. The van der Waals surface area contributed by atoms with Crippen LogP contribution in [0, 0.1) is 27.5 Å². The summed E-state index contributed by atoms with van der Waals surface area (Å²) in [4.78, 5) is 0. The molecular weight excluding hydrogens is 318 g/mol. The van der Waals surface area contributed by atoms with Crippen molar-refractivity contribution in [2.24, 2.45) is 11.8 Å². The summed E-state index contributed by atoms with van der Waals surface area (Å²) in [5, 5.41) is 38.2. The Morgan fingerprint density at radius 2 is 0.840 bits per heavy atom. The second kappa shape index (κ2) is 9.62. The molecule has 0 fully saturated rings. The fraction of sp³-hybridized carbons (Fsp3) is 1.00. The molecule has 152 valence electrons. The van der Waals surface area contributed by atoms with Gasteiger partial charge in [0.2, 0.25) is 0 Å². The van der Waals surface area contributed by atoms with Crippen molar-refractivity contribution in [1.82, 2.24) is 0 Å². The predicted octanol–water partition coefficient (Wildman–Crippen LogP) is 3.69. The Balaban J connectivity index is 4.58. The van der Waals surface area contributed by atoms with Gasteiger partial charge in [-0.15, -0.1) is 0 Å². The van der Waals surface area contributed by atoms with Crippen molar-refractivity contribution in [2.45, 2.75) is 66.5 Å². The highest BCUT2D eigenvalue weighted by Gasteiger charge is 2.27. The third kappa shape index (κ3) is 9.87. The van der Waals surface area contributed by atoms with Crippen LogP contribution in [-0.2, 0) is 0 Å². The second-order valence-electron chi connectivity index (χ2n) is 9.50. The summed E-state index contributed by atoms with van der Waals surface area (Å²) in [6.45, 7) is 13.4. The molecule has 0 aliphatic rings. The summed E-state index contributed by atoms with van der Waals surface area (Å²) < 4.78 is -1.29. The van der Waals surface area contributed by atoms with Crippen LogP contribution in [0.25, 0.3) is 0 Å². The van der Waals surface area contributed by atoms with E-state index in [2.05, 4.69) is 27.7 Å². The molecular formula is C19H43N3O3. The zero-order chi connectivity index (χ0) is 20.1. The van der Waals surface area contributed by atoms with E-state index in [4.69, 9.17) is 0 Å². The van der Waals surface area contributed by atoms with Gasteiger partial charge in [-0.2, -0.15) is 0 Å². The molecule has 0 aliphatic heterocycles. The van der Waals surface area contributed by atoms with Crippen LogP contribution in [0.4, 0.5) is 0 Å². The summed E-state index contributed by atoms with van der Waals surface area (Å²) in [6.07, 6.45) is 1.70. The van der Waals surface area contributed by atoms with Crippen LogP contribution in [0.2, 0.25) is 0 Å². The second-order valence-corrected chi connectivity index (χ2v) is 9.50. The van der Waals surface area contributed by atoms with Crippen LogP contribution in [0.1, 0.15) is 54.4 Å². The third-order valence-corrected chi connectivity index (χ3v) is 5.52. The van der Waals surface area contributed by atoms with E-state index >= 15 is 0 Å². The van der Waals surface area contributed by atoms with Gasteiger partial charge in [0.25, 0.3) is 0 Å². The van der Waals surface area contributed by atoms with Crippen molar-refractivity contribution < 1.29 is 13.9 Å². The van der Waals surface area contributed by atoms with Crippen molar-refractivity contribution >= 4 is 0 Å². The van der Waals surface area contributed by atoms with E-state index < -0.39 is 4.65 Å². The van der Waals surface area contributed by atoms with Crippen LogP contribution in [-0.4, -0.2) is 73.3 Å². The monoisotopic (exact) mass is 361 g/mol. The summed E-state index contributed by atoms with van der Waals surface area (Å²) in [5.41, 5.74) is 0. The Labute approximate surface area is 155 Å². The van der Waals surface area contributed by atoms with Gasteiger partial charge < -0.3 is 29.6 Å². The van der Waals surface area contributed by atoms with Gasteiger partial charge in [-0.05, 0) is 25.7 Å².